The minimum Gasteiger partial charge on any atom is -0.346 e. The van der Waals surface area contributed by atoms with Crippen molar-refractivity contribution in [3.8, 4) is 0 Å². The van der Waals surface area contributed by atoms with E-state index in [1.165, 1.54) is 12.4 Å². The number of aliphatic imine (C=N–C) groups is 1. The number of aromatic nitrogens is 3. The van der Waals surface area contributed by atoms with Crippen molar-refractivity contribution in [2.75, 3.05) is 6.54 Å². The van der Waals surface area contributed by atoms with Gasteiger partial charge in [-0.1, -0.05) is 11.6 Å². The maximum absolute atomic E-state index is 9.91. The summed E-state index contributed by atoms with van der Waals surface area (Å²) in [6.07, 6.45) is 5.30. The summed E-state index contributed by atoms with van der Waals surface area (Å²) in [6.45, 7) is 0.391. The van der Waals surface area contributed by atoms with Gasteiger partial charge in [-0.3, -0.25) is 0 Å². The predicted octanol–water partition coefficient (Wildman–Crippen LogP) is 1.49. The molecule has 0 aromatic carbocycles. The van der Waals surface area contributed by atoms with Crippen LogP contribution in [0, 0.1) is 0 Å². The number of rotatable bonds is 3. The van der Waals surface area contributed by atoms with Gasteiger partial charge < -0.3 is 4.98 Å². The third kappa shape index (κ3) is 1.88. The summed E-state index contributed by atoms with van der Waals surface area (Å²) in [6, 6.07) is 0. The van der Waals surface area contributed by atoms with Crippen molar-refractivity contribution >= 4 is 28.7 Å². The van der Waals surface area contributed by atoms with E-state index in [1.54, 1.807) is 6.20 Å². The van der Waals surface area contributed by atoms with E-state index in [0.717, 1.165) is 10.9 Å². The number of H-pyrrole nitrogens is 1. The minimum atomic E-state index is 0.391. The molecule has 0 fully saturated rings. The van der Waals surface area contributed by atoms with Crippen molar-refractivity contribution in [2.24, 2.45) is 4.99 Å². The summed E-state index contributed by atoms with van der Waals surface area (Å²) in [7, 11) is 0. The number of fused-ring (bicyclic) bond motifs is 1. The lowest BCUT2D eigenvalue weighted by atomic mass is 10.2. The van der Waals surface area contributed by atoms with E-state index in [0.29, 0.717) is 23.8 Å². The molecule has 15 heavy (non-hydrogen) atoms. The number of nitrogens with zero attached hydrogens (tertiary/aromatic N) is 3. The molecular weight excluding hydrogens is 216 g/mol. The Morgan fingerprint density at radius 2 is 2.40 bits per heavy atom. The third-order valence-electron chi connectivity index (χ3n) is 2.06. The topological polar surface area (TPSA) is 71.0 Å². The molecule has 2 heterocycles. The molecule has 6 heteroatoms. The lowest BCUT2D eigenvalue weighted by molar-refractivity contribution is 0.563. The van der Waals surface area contributed by atoms with Gasteiger partial charge >= 0.3 is 0 Å². The van der Waals surface area contributed by atoms with Gasteiger partial charge in [-0.25, -0.2) is 19.8 Å². The maximum atomic E-state index is 9.91. The first-order valence-electron chi connectivity index (χ1n) is 4.33. The van der Waals surface area contributed by atoms with Crippen LogP contribution >= 0.6 is 11.6 Å². The highest BCUT2D eigenvalue weighted by molar-refractivity contribution is 6.34. The average molecular weight is 223 g/mol. The van der Waals surface area contributed by atoms with E-state index in [-0.39, 0.29) is 0 Å². The van der Waals surface area contributed by atoms with Gasteiger partial charge in [-0.05, 0) is 12.0 Å². The van der Waals surface area contributed by atoms with Gasteiger partial charge in [0.15, 0.2) is 0 Å². The number of hydrogen-bond acceptors (Lipinski definition) is 4. The van der Waals surface area contributed by atoms with Crippen LogP contribution in [0.5, 0.6) is 0 Å². The largest absolute Gasteiger partial charge is 0.346 e. The predicted molar refractivity (Wildman–Crippen MR) is 55.6 cm³/mol. The summed E-state index contributed by atoms with van der Waals surface area (Å²) in [5.41, 5.74) is 1.65. The standard InChI is InChI=1S/C9H7ClN4O/c10-8-7-6(1-2-11-5-15)3-12-9(7)14-4-13-8/h3-4H,1-2H2,(H,12,13,14). The number of halogens is 1. The summed E-state index contributed by atoms with van der Waals surface area (Å²) < 4.78 is 0. The Balaban J connectivity index is 2.39. The summed E-state index contributed by atoms with van der Waals surface area (Å²) in [5.74, 6) is 0. The number of aromatic amines is 1. The van der Waals surface area contributed by atoms with Crippen LogP contribution in [-0.2, 0) is 11.2 Å². The molecule has 0 spiro atoms. The van der Waals surface area contributed by atoms with Gasteiger partial charge in [0.2, 0.25) is 6.08 Å². The van der Waals surface area contributed by atoms with Crippen LogP contribution in [0.15, 0.2) is 17.5 Å². The van der Waals surface area contributed by atoms with Crippen LogP contribution in [0.3, 0.4) is 0 Å². The number of carbonyl (C=O) groups excluding carboxylic acids is 1. The number of isocyanates is 1. The van der Waals surface area contributed by atoms with Crippen LogP contribution in [-0.4, -0.2) is 27.6 Å². The van der Waals surface area contributed by atoms with Crippen molar-refractivity contribution < 1.29 is 4.79 Å². The molecule has 0 amide bonds. The zero-order chi connectivity index (χ0) is 10.7. The number of nitrogens with one attached hydrogen (secondary N) is 1. The first kappa shape index (κ1) is 9.83. The Morgan fingerprint density at radius 3 is 3.20 bits per heavy atom. The van der Waals surface area contributed by atoms with Crippen LogP contribution in [0.25, 0.3) is 11.0 Å². The molecule has 0 aliphatic heterocycles. The first-order chi connectivity index (χ1) is 7.33. The monoisotopic (exact) mass is 222 g/mol. The fourth-order valence-electron chi connectivity index (χ4n) is 1.40. The normalized spacial score (nSPS) is 10.2. The fraction of sp³-hybridized carbons (Fsp3) is 0.222. The lowest BCUT2D eigenvalue weighted by Crippen LogP contribution is -1.89. The van der Waals surface area contributed by atoms with Gasteiger partial charge in [-0.15, -0.1) is 0 Å². The Morgan fingerprint density at radius 1 is 1.53 bits per heavy atom. The summed E-state index contributed by atoms with van der Waals surface area (Å²) in [5, 5.41) is 1.20. The Labute approximate surface area is 90.2 Å². The molecule has 0 saturated carbocycles. The Kier molecular flexibility index (Phi) is 2.76. The zero-order valence-corrected chi connectivity index (χ0v) is 8.45. The van der Waals surface area contributed by atoms with Gasteiger partial charge in [0.25, 0.3) is 0 Å². The molecule has 2 aromatic heterocycles. The number of hydrogen-bond donors (Lipinski definition) is 1. The quantitative estimate of drug-likeness (QED) is 0.486. The second-order valence-electron chi connectivity index (χ2n) is 2.93. The van der Waals surface area contributed by atoms with E-state index in [4.69, 9.17) is 11.6 Å². The highest BCUT2D eigenvalue weighted by Gasteiger charge is 2.08. The van der Waals surface area contributed by atoms with Crippen LogP contribution in [0.1, 0.15) is 5.56 Å². The molecule has 76 valence electrons. The van der Waals surface area contributed by atoms with Gasteiger partial charge in [0, 0.05) is 6.20 Å². The molecule has 0 bridgehead atoms. The molecule has 5 nitrogen and oxygen atoms in total. The zero-order valence-electron chi connectivity index (χ0n) is 7.70. The molecule has 0 radical (unpaired) electrons. The van der Waals surface area contributed by atoms with Crippen molar-refractivity contribution in [1.82, 2.24) is 15.0 Å². The molecule has 0 aliphatic rings. The molecular formula is C9H7ClN4O. The third-order valence-corrected chi connectivity index (χ3v) is 2.35. The van der Waals surface area contributed by atoms with Crippen LogP contribution < -0.4 is 0 Å². The van der Waals surface area contributed by atoms with Gasteiger partial charge in [0.05, 0.1) is 11.9 Å². The average Bonchev–Trinajstić information content (AvgIpc) is 2.63. The van der Waals surface area contributed by atoms with Crippen molar-refractivity contribution in [3.05, 3.63) is 23.2 Å². The second kappa shape index (κ2) is 4.21. The summed E-state index contributed by atoms with van der Waals surface area (Å²) >= 11 is 5.94. The Hall–Kier alpha value is -1.71. The van der Waals surface area contributed by atoms with Crippen molar-refractivity contribution in [2.45, 2.75) is 6.42 Å². The molecule has 0 unspecified atom stereocenters. The molecule has 0 saturated heterocycles. The molecule has 0 atom stereocenters. The van der Waals surface area contributed by atoms with Crippen molar-refractivity contribution in [3.63, 3.8) is 0 Å². The van der Waals surface area contributed by atoms with E-state index < -0.39 is 0 Å². The lowest BCUT2D eigenvalue weighted by Gasteiger charge is -1.95. The SMILES string of the molecule is O=C=NCCc1c[nH]c2ncnc(Cl)c12. The molecule has 0 aliphatic carbocycles. The second-order valence-corrected chi connectivity index (χ2v) is 3.28. The van der Waals surface area contributed by atoms with E-state index in [2.05, 4.69) is 19.9 Å². The van der Waals surface area contributed by atoms with E-state index in [1.807, 2.05) is 0 Å². The molecule has 1 N–H and O–H groups in total. The van der Waals surface area contributed by atoms with E-state index in [9.17, 15) is 4.79 Å². The van der Waals surface area contributed by atoms with Crippen molar-refractivity contribution in [1.29, 1.82) is 0 Å². The smallest absolute Gasteiger partial charge is 0.234 e. The Bertz CT molecular complexity index is 530. The van der Waals surface area contributed by atoms with Crippen LogP contribution in [0.2, 0.25) is 5.15 Å². The highest BCUT2D eigenvalue weighted by atomic mass is 35.5. The maximum Gasteiger partial charge on any atom is 0.234 e. The first-order valence-corrected chi connectivity index (χ1v) is 4.71. The van der Waals surface area contributed by atoms with Gasteiger partial charge in [-0.2, -0.15) is 0 Å². The van der Waals surface area contributed by atoms with Crippen LogP contribution in [0.4, 0.5) is 0 Å². The minimum absolute atomic E-state index is 0.391. The van der Waals surface area contributed by atoms with E-state index >= 15 is 0 Å². The molecule has 2 rings (SSSR count). The van der Waals surface area contributed by atoms with Gasteiger partial charge in [0.1, 0.15) is 17.1 Å². The highest BCUT2D eigenvalue weighted by Crippen LogP contribution is 2.23. The molecule has 2 aromatic rings. The fourth-order valence-corrected chi connectivity index (χ4v) is 1.66. The summed E-state index contributed by atoms with van der Waals surface area (Å²) in [4.78, 5) is 24.3.